The predicted molar refractivity (Wildman–Crippen MR) is 151 cm³/mol. The van der Waals surface area contributed by atoms with Gasteiger partial charge < -0.3 is 19.4 Å². The van der Waals surface area contributed by atoms with Crippen LogP contribution in [0.3, 0.4) is 0 Å². The Morgan fingerprint density at radius 1 is 0.921 bits per heavy atom. The fraction of sp³-hybridized carbons (Fsp3) is 0.548. The number of carbonyl (C=O) groups is 2. The molecule has 0 saturated carbocycles. The van der Waals surface area contributed by atoms with Crippen molar-refractivity contribution in [1.82, 2.24) is 9.80 Å². The Labute approximate surface area is 227 Å². The first-order valence-corrected chi connectivity index (χ1v) is 13.9. The maximum atomic E-state index is 14.5. The second kappa shape index (κ2) is 14.3. The highest BCUT2D eigenvalue weighted by atomic mass is 19.1. The summed E-state index contributed by atoms with van der Waals surface area (Å²) in [5.74, 6) is 1.03. The van der Waals surface area contributed by atoms with E-state index in [1.54, 1.807) is 13.2 Å². The molecule has 0 radical (unpaired) electrons. The van der Waals surface area contributed by atoms with Gasteiger partial charge in [0, 0.05) is 43.9 Å². The number of hydrogen-bond acceptors (Lipinski definition) is 4. The van der Waals surface area contributed by atoms with Crippen molar-refractivity contribution in [2.24, 2.45) is 11.8 Å². The highest BCUT2D eigenvalue weighted by molar-refractivity contribution is 5.94. The molecule has 0 spiro atoms. The quantitative estimate of drug-likeness (QED) is 0.477. The molecule has 0 saturated heterocycles. The average Bonchev–Trinajstić information content (AvgIpc) is 2.85. The third-order valence-corrected chi connectivity index (χ3v) is 6.85. The van der Waals surface area contributed by atoms with Crippen LogP contribution in [0.15, 0.2) is 42.5 Å². The van der Waals surface area contributed by atoms with Crippen molar-refractivity contribution in [2.45, 2.75) is 59.9 Å². The van der Waals surface area contributed by atoms with E-state index in [1.807, 2.05) is 47.9 Å². The lowest BCUT2D eigenvalue weighted by Gasteiger charge is -2.32. The van der Waals surface area contributed by atoms with E-state index >= 15 is 0 Å². The highest BCUT2D eigenvalue weighted by Crippen LogP contribution is 2.27. The number of nitrogens with zero attached hydrogens (tertiary/aromatic N) is 3. The molecular weight excluding hydrogens is 481 g/mol. The summed E-state index contributed by atoms with van der Waals surface area (Å²) in [6.45, 7) is 12.6. The molecule has 3 rings (SSSR count). The molecule has 38 heavy (non-hydrogen) atoms. The van der Waals surface area contributed by atoms with Crippen molar-refractivity contribution in [3.63, 3.8) is 0 Å². The lowest BCUT2D eigenvalue weighted by molar-refractivity contribution is -0.131. The molecule has 6 nitrogen and oxygen atoms in total. The number of rotatable bonds is 7. The molecule has 0 fully saturated rings. The number of carbonyl (C=O) groups excluding carboxylic acids is 2. The molecule has 1 heterocycles. The second-order valence-corrected chi connectivity index (χ2v) is 11.1. The molecule has 208 valence electrons. The summed E-state index contributed by atoms with van der Waals surface area (Å²) in [6, 6.07) is 12.1. The van der Waals surface area contributed by atoms with E-state index in [-0.39, 0.29) is 36.5 Å². The summed E-state index contributed by atoms with van der Waals surface area (Å²) in [7, 11) is 1.60. The van der Waals surface area contributed by atoms with Crippen LogP contribution in [0, 0.1) is 17.7 Å². The summed E-state index contributed by atoms with van der Waals surface area (Å²) >= 11 is 0. The molecule has 2 aromatic carbocycles. The van der Waals surface area contributed by atoms with Crippen molar-refractivity contribution in [3.05, 3.63) is 59.4 Å². The van der Waals surface area contributed by atoms with Gasteiger partial charge in [0.1, 0.15) is 11.6 Å². The van der Waals surface area contributed by atoms with Crippen molar-refractivity contribution >= 4 is 17.5 Å². The van der Waals surface area contributed by atoms with E-state index in [0.29, 0.717) is 42.4 Å². The van der Waals surface area contributed by atoms with Gasteiger partial charge in [-0.3, -0.25) is 9.59 Å². The normalized spacial score (nSPS) is 15.7. The molecule has 0 atom stereocenters. The number of benzene rings is 2. The number of methoxy groups -OCH3 is 1. The van der Waals surface area contributed by atoms with Crippen LogP contribution >= 0.6 is 0 Å². The molecule has 2 aromatic rings. The monoisotopic (exact) mass is 525 g/mol. The first-order chi connectivity index (χ1) is 18.2. The Bertz CT molecular complexity index is 1070. The third-order valence-electron chi connectivity index (χ3n) is 6.85. The number of ether oxygens (including phenoxy) is 1. The van der Waals surface area contributed by atoms with E-state index in [9.17, 15) is 14.0 Å². The Kier molecular flexibility index (Phi) is 11.1. The van der Waals surface area contributed by atoms with Crippen LogP contribution in [0.2, 0.25) is 0 Å². The first-order valence-electron chi connectivity index (χ1n) is 13.9. The van der Waals surface area contributed by atoms with Gasteiger partial charge in [-0.1, -0.05) is 45.9 Å². The van der Waals surface area contributed by atoms with Crippen LogP contribution < -0.4 is 9.64 Å². The van der Waals surface area contributed by atoms with Crippen LogP contribution in [0.1, 0.15) is 58.1 Å². The summed E-state index contributed by atoms with van der Waals surface area (Å²) < 4.78 is 20.0. The number of hydrogen-bond donors (Lipinski definition) is 0. The summed E-state index contributed by atoms with van der Waals surface area (Å²) in [5, 5.41) is 0. The van der Waals surface area contributed by atoms with Crippen molar-refractivity contribution < 1.29 is 18.7 Å². The van der Waals surface area contributed by atoms with Gasteiger partial charge in [0.25, 0.3) is 0 Å². The molecule has 0 bridgehead atoms. The summed E-state index contributed by atoms with van der Waals surface area (Å²) in [6.07, 6.45) is 2.28. The largest absolute Gasteiger partial charge is 0.496 e. The lowest BCUT2D eigenvalue weighted by Crippen LogP contribution is -2.40. The Hall–Kier alpha value is -2.93. The molecular formula is C31H44FN3O3. The molecule has 1 aliphatic rings. The van der Waals surface area contributed by atoms with Crippen LogP contribution in [0.25, 0.3) is 0 Å². The van der Waals surface area contributed by atoms with Crippen LogP contribution in [0.5, 0.6) is 5.75 Å². The average molecular weight is 526 g/mol. The third kappa shape index (κ3) is 8.55. The predicted octanol–water partition coefficient (Wildman–Crippen LogP) is 5.54. The maximum Gasteiger partial charge on any atom is 0.227 e. The zero-order chi connectivity index (χ0) is 27.7. The Morgan fingerprint density at radius 3 is 2.32 bits per heavy atom. The number of amides is 2. The molecule has 2 amide bonds. The maximum absolute atomic E-state index is 14.5. The van der Waals surface area contributed by atoms with Gasteiger partial charge in [-0.25, -0.2) is 4.39 Å². The van der Waals surface area contributed by atoms with Crippen LogP contribution in [-0.4, -0.2) is 61.4 Å². The minimum atomic E-state index is -0.368. The van der Waals surface area contributed by atoms with Gasteiger partial charge in [0.15, 0.2) is 0 Å². The van der Waals surface area contributed by atoms with Crippen molar-refractivity contribution in [1.29, 1.82) is 0 Å². The van der Waals surface area contributed by atoms with Crippen LogP contribution in [-0.2, 0) is 22.6 Å². The topological polar surface area (TPSA) is 53.1 Å². The van der Waals surface area contributed by atoms with Crippen LogP contribution in [0.4, 0.5) is 10.1 Å². The van der Waals surface area contributed by atoms with Crippen molar-refractivity contribution in [3.8, 4) is 5.75 Å². The smallest absolute Gasteiger partial charge is 0.227 e. The first kappa shape index (κ1) is 29.6. The van der Waals surface area contributed by atoms with E-state index in [2.05, 4.69) is 18.7 Å². The minimum Gasteiger partial charge on any atom is -0.496 e. The Morgan fingerprint density at radius 2 is 1.63 bits per heavy atom. The molecule has 0 aromatic heterocycles. The molecule has 0 aliphatic carbocycles. The fourth-order valence-corrected chi connectivity index (χ4v) is 5.15. The molecule has 0 N–H and O–H groups in total. The molecule has 0 unspecified atom stereocenters. The van der Waals surface area contributed by atoms with Gasteiger partial charge in [0.05, 0.1) is 13.5 Å². The van der Waals surface area contributed by atoms with E-state index in [4.69, 9.17) is 4.74 Å². The fourth-order valence-electron chi connectivity index (χ4n) is 5.15. The van der Waals surface area contributed by atoms with Gasteiger partial charge in [0.2, 0.25) is 11.8 Å². The lowest BCUT2D eigenvalue weighted by atomic mass is 10.1. The standard InChI is InChI=1S/C31H44FN3O3/c1-23(2)18-31(37)35-17-9-15-33(21-24(3)4)14-8-16-34(22-26-19-27(32)12-13-28(26)35)30(36)20-25-10-6-7-11-29(25)38-5/h6-7,10-13,19,23-24H,8-9,14-18,20-22H2,1-5H3. The second-order valence-electron chi connectivity index (χ2n) is 11.1. The van der Waals surface area contributed by atoms with Gasteiger partial charge >= 0.3 is 0 Å². The van der Waals surface area contributed by atoms with Crippen molar-refractivity contribution in [2.75, 3.05) is 44.7 Å². The molecule has 1 aliphatic heterocycles. The summed E-state index contributed by atoms with van der Waals surface area (Å²) in [5.41, 5.74) is 2.18. The zero-order valence-electron chi connectivity index (χ0n) is 23.7. The highest BCUT2D eigenvalue weighted by Gasteiger charge is 2.24. The number of anilines is 1. The SMILES string of the molecule is COc1ccccc1CC(=O)N1CCCN(CC(C)C)CCCN(C(=O)CC(C)C)c2ccc(F)cc2C1. The van der Waals surface area contributed by atoms with E-state index in [1.165, 1.54) is 12.1 Å². The van der Waals surface area contributed by atoms with Gasteiger partial charge in [-0.2, -0.15) is 0 Å². The van der Waals surface area contributed by atoms with E-state index in [0.717, 1.165) is 38.0 Å². The number of halogens is 1. The summed E-state index contributed by atoms with van der Waals surface area (Å²) in [4.78, 5) is 33.1. The van der Waals surface area contributed by atoms with E-state index < -0.39 is 0 Å². The van der Waals surface area contributed by atoms with Gasteiger partial charge in [-0.15, -0.1) is 0 Å². The number of para-hydroxylation sites is 1. The molecule has 7 heteroatoms. The minimum absolute atomic E-state index is 0.0345. The zero-order valence-corrected chi connectivity index (χ0v) is 23.7. The number of fused-ring (bicyclic) bond motifs is 1. The van der Waals surface area contributed by atoms with Gasteiger partial charge in [-0.05, 0) is 67.6 Å². The Balaban J connectivity index is 1.97.